The molecule has 5 heteroatoms. The van der Waals surface area contributed by atoms with Gasteiger partial charge in [-0.25, -0.2) is 8.78 Å². The summed E-state index contributed by atoms with van der Waals surface area (Å²) >= 11 is 6.25. The molecule has 0 amide bonds. The molecule has 0 aliphatic carbocycles. The van der Waals surface area contributed by atoms with Crippen molar-refractivity contribution >= 4 is 34.0 Å². The third-order valence-electron chi connectivity index (χ3n) is 2.92. The molecule has 0 aliphatic heterocycles. The van der Waals surface area contributed by atoms with Crippen LogP contribution in [0.1, 0.15) is 25.3 Å². The number of benzene rings is 2. The summed E-state index contributed by atoms with van der Waals surface area (Å²) in [5.74, 6) is -0.743. The molecule has 0 saturated heterocycles. The summed E-state index contributed by atoms with van der Waals surface area (Å²) in [4.78, 5) is 0.299. The zero-order valence-corrected chi connectivity index (χ0v) is 13.3. The van der Waals surface area contributed by atoms with Crippen molar-refractivity contribution in [3.05, 3.63) is 59.7 Å². The van der Waals surface area contributed by atoms with Gasteiger partial charge in [0.05, 0.1) is 4.90 Å². The van der Waals surface area contributed by atoms with Crippen molar-refractivity contribution in [1.29, 1.82) is 0 Å². The van der Waals surface area contributed by atoms with Crippen LogP contribution in [0.4, 0.5) is 14.5 Å². The maximum Gasteiger partial charge on any atom is 0.143 e. The first-order valence-electron chi connectivity index (χ1n) is 6.49. The van der Waals surface area contributed by atoms with Crippen LogP contribution in [0.25, 0.3) is 0 Å². The monoisotopic (exact) mass is 323 g/mol. The molecule has 0 unspecified atom stereocenters. The van der Waals surface area contributed by atoms with E-state index in [0.717, 1.165) is 23.5 Å². The third-order valence-corrected chi connectivity index (χ3v) is 4.11. The second-order valence-corrected chi connectivity index (χ2v) is 6.58. The van der Waals surface area contributed by atoms with Gasteiger partial charge in [-0.1, -0.05) is 50.0 Å². The predicted octanol–water partition coefficient (Wildman–Crippen LogP) is 5.58. The zero-order chi connectivity index (χ0) is 15.4. The highest BCUT2D eigenvalue weighted by molar-refractivity contribution is 8.23. The van der Waals surface area contributed by atoms with Gasteiger partial charge in [-0.05, 0) is 35.7 Å². The Morgan fingerprint density at radius 3 is 2.33 bits per heavy atom. The SMILES string of the molecule is CC(C)c1ccc(NC(=S)Sc2ccc(F)cc2F)cc1. The Balaban J connectivity index is 2.01. The van der Waals surface area contributed by atoms with Crippen LogP contribution in [0.15, 0.2) is 47.4 Å². The maximum atomic E-state index is 13.5. The van der Waals surface area contributed by atoms with Crippen LogP contribution in [-0.4, -0.2) is 4.32 Å². The number of anilines is 1. The summed E-state index contributed by atoms with van der Waals surface area (Å²) in [5.41, 5.74) is 2.09. The van der Waals surface area contributed by atoms with E-state index in [-0.39, 0.29) is 0 Å². The highest BCUT2D eigenvalue weighted by Crippen LogP contribution is 2.25. The van der Waals surface area contributed by atoms with Crippen molar-refractivity contribution in [1.82, 2.24) is 0 Å². The standard InChI is InChI=1S/C16H15F2NS2/c1-10(2)11-3-6-13(7-4-11)19-16(20)21-15-8-5-12(17)9-14(15)18/h3-10H,1-2H3,(H,19,20). The van der Waals surface area contributed by atoms with Crippen LogP contribution in [0.2, 0.25) is 0 Å². The normalized spacial score (nSPS) is 10.7. The molecule has 2 aromatic carbocycles. The topological polar surface area (TPSA) is 12.0 Å². The van der Waals surface area contributed by atoms with Gasteiger partial charge in [0.2, 0.25) is 0 Å². The molecule has 2 rings (SSSR count). The molecule has 0 radical (unpaired) electrons. The number of thioether (sulfide) groups is 1. The molecule has 0 aliphatic rings. The lowest BCUT2D eigenvalue weighted by molar-refractivity contribution is 0.566. The Bertz CT molecular complexity index is 639. The Labute approximate surface area is 132 Å². The fraction of sp³-hybridized carbons (Fsp3) is 0.188. The first-order chi connectivity index (χ1) is 9.95. The third kappa shape index (κ3) is 4.51. The first kappa shape index (κ1) is 15.9. The van der Waals surface area contributed by atoms with E-state index < -0.39 is 11.6 Å². The second-order valence-electron chi connectivity index (χ2n) is 4.87. The molecule has 0 aromatic heterocycles. The molecule has 1 nitrogen and oxygen atoms in total. The first-order valence-corrected chi connectivity index (χ1v) is 7.72. The lowest BCUT2D eigenvalue weighted by atomic mass is 10.0. The smallest absolute Gasteiger partial charge is 0.143 e. The second kappa shape index (κ2) is 7.00. The average Bonchev–Trinajstić information content (AvgIpc) is 2.42. The molecule has 1 N–H and O–H groups in total. The van der Waals surface area contributed by atoms with Gasteiger partial charge < -0.3 is 5.32 Å². The Hall–Kier alpha value is -1.46. The van der Waals surface area contributed by atoms with Crippen LogP contribution in [0.5, 0.6) is 0 Å². The van der Waals surface area contributed by atoms with Gasteiger partial charge in [-0.15, -0.1) is 0 Å². The summed E-state index contributed by atoms with van der Waals surface area (Å²) in [6, 6.07) is 11.4. The molecular formula is C16H15F2NS2. The fourth-order valence-electron chi connectivity index (χ4n) is 1.75. The van der Waals surface area contributed by atoms with E-state index >= 15 is 0 Å². The van der Waals surface area contributed by atoms with E-state index in [9.17, 15) is 8.78 Å². The maximum absolute atomic E-state index is 13.5. The number of nitrogens with one attached hydrogen (secondary N) is 1. The number of hydrogen-bond acceptors (Lipinski definition) is 2. The zero-order valence-electron chi connectivity index (χ0n) is 11.7. The van der Waals surface area contributed by atoms with E-state index in [1.165, 1.54) is 17.7 Å². The van der Waals surface area contributed by atoms with E-state index in [4.69, 9.17) is 12.2 Å². The summed E-state index contributed by atoms with van der Waals surface area (Å²) in [6.07, 6.45) is 0. The molecule has 0 atom stereocenters. The quantitative estimate of drug-likeness (QED) is 0.585. The number of halogens is 2. The van der Waals surface area contributed by atoms with Crippen LogP contribution in [-0.2, 0) is 0 Å². The minimum absolute atomic E-state index is 0.299. The van der Waals surface area contributed by atoms with E-state index in [2.05, 4.69) is 19.2 Å². The minimum atomic E-state index is -0.612. The Kier molecular flexibility index (Phi) is 5.31. The number of hydrogen-bond donors (Lipinski definition) is 1. The summed E-state index contributed by atoms with van der Waals surface area (Å²) in [7, 11) is 0. The van der Waals surface area contributed by atoms with Crippen LogP contribution in [0, 0.1) is 11.6 Å². The molecule has 2 aromatic rings. The van der Waals surface area contributed by atoms with Gasteiger partial charge in [0.25, 0.3) is 0 Å². The highest BCUT2D eigenvalue weighted by Gasteiger charge is 2.08. The molecule has 21 heavy (non-hydrogen) atoms. The lowest BCUT2D eigenvalue weighted by Crippen LogP contribution is -2.05. The molecule has 0 saturated carbocycles. The van der Waals surface area contributed by atoms with Crippen LogP contribution < -0.4 is 5.32 Å². The van der Waals surface area contributed by atoms with Gasteiger partial charge in [0.15, 0.2) is 0 Å². The van der Waals surface area contributed by atoms with Gasteiger partial charge in [0, 0.05) is 11.8 Å². The van der Waals surface area contributed by atoms with E-state index in [0.29, 0.717) is 15.1 Å². The predicted molar refractivity (Wildman–Crippen MR) is 89.0 cm³/mol. The van der Waals surface area contributed by atoms with Crippen LogP contribution >= 0.6 is 24.0 Å². The van der Waals surface area contributed by atoms with E-state index in [1.807, 2.05) is 24.3 Å². The van der Waals surface area contributed by atoms with Crippen LogP contribution in [0.3, 0.4) is 0 Å². The van der Waals surface area contributed by atoms with Gasteiger partial charge in [-0.3, -0.25) is 0 Å². The summed E-state index contributed by atoms with van der Waals surface area (Å²) in [6.45, 7) is 4.25. The van der Waals surface area contributed by atoms with Gasteiger partial charge >= 0.3 is 0 Å². The van der Waals surface area contributed by atoms with Crippen molar-refractivity contribution in [3.8, 4) is 0 Å². The summed E-state index contributed by atoms with van der Waals surface area (Å²) in [5, 5.41) is 3.03. The molecule has 110 valence electrons. The van der Waals surface area contributed by atoms with Crippen molar-refractivity contribution in [2.45, 2.75) is 24.7 Å². The van der Waals surface area contributed by atoms with Gasteiger partial charge in [-0.2, -0.15) is 0 Å². The average molecular weight is 323 g/mol. The minimum Gasteiger partial charge on any atom is -0.341 e. The van der Waals surface area contributed by atoms with Crippen molar-refractivity contribution < 1.29 is 8.78 Å². The highest BCUT2D eigenvalue weighted by atomic mass is 32.2. The molecule has 0 bridgehead atoms. The van der Waals surface area contributed by atoms with Gasteiger partial charge in [0.1, 0.15) is 16.0 Å². The van der Waals surface area contributed by atoms with E-state index in [1.54, 1.807) is 0 Å². The van der Waals surface area contributed by atoms with Crippen molar-refractivity contribution in [3.63, 3.8) is 0 Å². The fourth-order valence-corrected chi connectivity index (χ4v) is 2.80. The number of thiocarbonyl (C=S) groups is 1. The molecular weight excluding hydrogens is 308 g/mol. The lowest BCUT2D eigenvalue weighted by Gasteiger charge is -2.10. The summed E-state index contributed by atoms with van der Waals surface area (Å²) < 4.78 is 26.8. The molecule has 0 fully saturated rings. The molecule has 0 heterocycles. The molecule has 0 spiro atoms. The largest absolute Gasteiger partial charge is 0.341 e. The Morgan fingerprint density at radius 1 is 1.10 bits per heavy atom. The van der Waals surface area contributed by atoms with Crippen molar-refractivity contribution in [2.75, 3.05) is 5.32 Å². The van der Waals surface area contributed by atoms with Crippen molar-refractivity contribution in [2.24, 2.45) is 0 Å². The number of rotatable bonds is 3. The Morgan fingerprint density at radius 2 is 1.76 bits per heavy atom.